The maximum absolute atomic E-state index is 13.1. The molecule has 1 aromatic rings. The smallest absolute Gasteiger partial charge is 0.258 e. The van der Waals surface area contributed by atoms with Gasteiger partial charge in [-0.05, 0) is 38.1 Å². The second kappa shape index (κ2) is 5.35. The van der Waals surface area contributed by atoms with Gasteiger partial charge < -0.3 is 5.32 Å². The van der Waals surface area contributed by atoms with Gasteiger partial charge in [-0.15, -0.1) is 11.3 Å². The highest BCUT2D eigenvalue weighted by atomic mass is 32.2. The first-order chi connectivity index (χ1) is 11.2. The SMILES string of the molecule is Cc1csc([C@@H]2[C@@H](C(=O)N=S3(=O)CCC4(CCCN4)C3)C2(C)C)n1. The van der Waals surface area contributed by atoms with Crippen molar-refractivity contribution in [1.29, 1.82) is 0 Å². The van der Waals surface area contributed by atoms with Gasteiger partial charge in [0, 0.05) is 28.3 Å². The van der Waals surface area contributed by atoms with E-state index in [4.69, 9.17) is 0 Å². The fourth-order valence-electron chi connectivity index (χ4n) is 4.51. The predicted octanol–water partition coefficient (Wildman–Crippen LogP) is 2.71. The third kappa shape index (κ3) is 2.65. The summed E-state index contributed by atoms with van der Waals surface area (Å²) in [7, 11) is -2.40. The number of nitrogens with one attached hydrogen (secondary N) is 1. The molecule has 1 saturated carbocycles. The first kappa shape index (κ1) is 16.7. The van der Waals surface area contributed by atoms with E-state index in [0.717, 1.165) is 36.5 Å². The van der Waals surface area contributed by atoms with Crippen LogP contribution in [-0.2, 0) is 14.5 Å². The van der Waals surface area contributed by atoms with Crippen LogP contribution in [0.15, 0.2) is 9.74 Å². The molecule has 3 fully saturated rings. The molecule has 1 aliphatic carbocycles. The lowest BCUT2D eigenvalue weighted by Crippen LogP contribution is -2.40. The standard InChI is InChI=1S/C17H25N3O2S2/c1-11-9-23-15(19-11)13-12(16(13,2)3)14(21)20-24(22)8-6-17(10-24)5-4-7-18-17/h9,12-13,18H,4-8,10H2,1-3H3/t12-,13-,17?,24?/m0/s1. The van der Waals surface area contributed by atoms with Crippen LogP contribution < -0.4 is 5.32 Å². The summed E-state index contributed by atoms with van der Waals surface area (Å²) in [6.07, 6.45) is 3.07. The number of hydrogen-bond acceptors (Lipinski definition) is 5. The van der Waals surface area contributed by atoms with E-state index < -0.39 is 9.73 Å². The van der Waals surface area contributed by atoms with E-state index in [-0.39, 0.29) is 28.7 Å². The van der Waals surface area contributed by atoms with Crippen molar-refractivity contribution in [3.05, 3.63) is 16.1 Å². The molecule has 7 heteroatoms. The Morgan fingerprint density at radius 1 is 1.46 bits per heavy atom. The van der Waals surface area contributed by atoms with Crippen molar-refractivity contribution in [3.63, 3.8) is 0 Å². The van der Waals surface area contributed by atoms with Crippen LogP contribution in [-0.4, -0.2) is 38.7 Å². The summed E-state index contributed by atoms with van der Waals surface area (Å²) < 4.78 is 17.4. The molecule has 0 aromatic carbocycles. The van der Waals surface area contributed by atoms with Gasteiger partial charge in [0.25, 0.3) is 5.91 Å². The zero-order chi connectivity index (χ0) is 17.2. The van der Waals surface area contributed by atoms with Gasteiger partial charge in [0.1, 0.15) is 0 Å². The fraction of sp³-hybridized carbons (Fsp3) is 0.765. The van der Waals surface area contributed by atoms with Crippen LogP contribution in [0, 0.1) is 18.3 Å². The first-order valence-electron chi connectivity index (χ1n) is 8.68. The molecule has 1 N–H and O–H groups in total. The number of rotatable bonds is 2. The van der Waals surface area contributed by atoms with E-state index in [0.29, 0.717) is 11.5 Å². The molecule has 5 nitrogen and oxygen atoms in total. The number of thiazole rings is 1. The summed E-state index contributed by atoms with van der Waals surface area (Å²) in [5.74, 6) is 0.877. The Kier molecular flexibility index (Phi) is 3.72. The highest BCUT2D eigenvalue weighted by molar-refractivity contribution is 7.94. The van der Waals surface area contributed by atoms with E-state index in [2.05, 4.69) is 28.5 Å². The Hall–Kier alpha value is -0.790. The van der Waals surface area contributed by atoms with Crippen molar-refractivity contribution in [2.75, 3.05) is 18.1 Å². The number of aryl methyl sites for hydroxylation is 1. The Morgan fingerprint density at radius 2 is 2.25 bits per heavy atom. The van der Waals surface area contributed by atoms with E-state index in [1.807, 2.05) is 12.3 Å². The molecule has 24 heavy (non-hydrogen) atoms. The average Bonchev–Trinajstić information content (AvgIpc) is 2.95. The summed E-state index contributed by atoms with van der Waals surface area (Å²) in [5, 5.41) is 6.54. The zero-order valence-corrected chi connectivity index (χ0v) is 16.1. The van der Waals surface area contributed by atoms with Crippen LogP contribution in [0.25, 0.3) is 0 Å². The molecule has 3 heterocycles. The van der Waals surface area contributed by atoms with Crippen LogP contribution >= 0.6 is 11.3 Å². The van der Waals surface area contributed by atoms with Gasteiger partial charge in [0.05, 0.1) is 26.4 Å². The molecule has 1 aromatic heterocycles. The molecular weight excluding hydrogens is 342 g/mol. The largest absolute Gasteiger partial charge is 0.310 e. The summed E-state index contributed by atoms with van der Waals surface area (Å²) in [4.78, 5) is 17.3. The van der Waals surface area contributed by atoms with Crippen LogP contribution in [0.3, 0.4) is 0 Å². The summed E-state index contributed by atoms with van der Waals surface area (Å²) in [5.41, 5.74) is 0.839. The predicted molar refractivity (Wildman–Crippen MR) is 96.8 cm³/mol. The first-order valence-corrected chi connectivity index (χ1v) is 11.4. The number of aromatic nitrogens is 1. The van der Waals surface area contributed by atoms with E-state index in [9.17, 15) is 9.00 Å². The molecule has 0 bridgehead atoms. The molecule has 3 aliphatic rings. The molecule has 4 rings (SSSR count). The second-order valence-electron chi connectivity index (χ2n) is 8.22. The molecule has 2 unspecified atom stereocenters. The minimum atomic E-state index is -2.40. The number of nitrogens with zero attached hydrogens (tertiary/aromatic N) is 2. The molecule has 0 radical (unpaired) electrons. The average molecular weight is 368 g/mol. The van der Waals surface area contributed by atoms with E-state index >= 15 is 0 Å². The van der Waals surface area contributed by atoms with Gasteiger partial charge in [-0.1, -0.05) is 13.8 Å². The number of hydrogen-bond donors (Lipinski definition) is 1. The fourth-order valence-corrected chi connectivity index (χ4v) is 8.34. The normalized spacial score (nSPS) is 40.1. The third-order valence-electron chi connectivity index (χ3n) is 5.99. The monoisotopic (exact) mass is 367 g/mol. The van der Waals surface area contributed by atoms with Crippen molar-refractivity contribution < 1.29 is 9.00 Å². The second-order valence-corrected chi connectivity index (χ2v) is 11.5. The summed E-state index contributed by atoms with van der Waals surface area (Å²) in [6.45, 7) is 7.15. The van der Waals surface area contributed by atoms with Gasteiger partial charge in [-0.3, -0.25) is 4.79 Å². The molecule has 1 amide bonds. The van der Waals surface area contributed by atoms with Crippen molar-refractivity contribution in [3.8, 4) is 0 Å². The van der Waals surface area contributed by atoms with Crippen molar-refractivity contribution in [2.24, 2.45) is 15.7 Å². The molecule has 2 saturated heterocycles. The summed E-state index contributed by atoms with van der Waals surface area (Å²) in [6, 6.07) is 0. The Morgan fingerprint density at radius 3 is 2.88 bits per heavy atom. The van der Waals surface area contributed by atoms with Crippen molar-refractivity contribution >= 4 is 27.0 Å². The number of carbonyl (C=O) groups excluding carboxylic acids is 1. The Labute approximate surface area is 147 Å². The van der Waals surface area contributed by atoms with Gasteiger partial charge in [0.2, 0.25) is 0 Å². The topological polar surface area (TPSA) is 71.4 Å². The molecular formula is C17H25N3O2S2. The quantitative estimate of drug-likeness (QED) is 0.872. The third-order valence-corrected chi connectivity index (χ3v) is 9.39. The van der Waals surface area contributed by atoms with Crippen LogP contribution in [0.2, 0.25) is 0 Å². The van der Waals surface area contributed by atoms with Crippen LogP contribution in [0.5, 0.6) is 0 Å². The van der Waals surface area contributed by atoms with Crippen LogP contribution in [0.4, 0.5) is 0 Å². The Bertz CT molecular complexity index is 799. The number of amides is 1. The Balaban J connectivity index is 1.55. The van der Waals surface area contributed by atoms with Gasteiger partial charge in [-0.25, -0.2) is 9.19 Å². The number of carbonyl (C=O) groups is 1. The molecule has 4 atom stereocenters. The van der Waals surface area contributed by atoms with Gasteiger partial charge >= 0.3 is 0 Å². The summed E-state index contributed by atoms with van der Waals surface area (Å²) >= 11 is 1.61. The highest BCUT2D eigenvalue weighted by Gasteiger charge is 2.64. The lowest BCUT2D eigenvalue weighted by atomic mass is 9.97. The lowest BCUT2D eigenvalue weighted by molar-refractivity contribution is -0.119. The van der Waals surface area contributed by atoms with E-state index in [1.54, 1.807) is 11.3 Å². The molecule has 2 aliphatic heterocycles. The highest BCUT2D eigenvalue weighted by Crippen LogP contribution is 2.65. The van der Waals surface area contributed by atoms with Crippen molar-refractivity contribution in [2.45, 2.75) is 51.5 Å². The van der Waals surface area contributed by atoms with Gasteiger partial charge in [-0.2, -0.15) is 4.36 Å². The van der Waals surface area contributed by atoms with Crippen molar-refractivity contribution in [1.82, 2.24) is 10.3 Å². The zero-order valence-electron chi connectivity index (χ0n) is 14.5. The minimum absolute atomic E-state index is 0.0221. The lowest BCUT2D eigenvalue weighted by Gasteiger charge is -2.21. The molecule has 132 valence electrons. The maximum atomic E-state index is 13.1. The minimum Gasteiger partial charge on any atom is -0.310 e. The molecule has 1 spiro atoms. The van der Waals surface area contributed by atoms with E-state index in [1.165, 1.54) is 0 Å². The van der Waals surface area contributed by atoms with Gasteiger partial charge in [0.15, 0.2) is 0 Å². The van der Waals surface area contributed by atoms with Crippen LogP contribution in [0.1, 0.15) is 49.7 Å². The maximum Gasteiger partial charge on any atom is 0.258 e.